The fourth-order valence-corrected chi connectivity index (χ4v) is 2.07. The zero-order valence-corrected chi connectivity index (χ0v) is 10.2. The lowest BCUT2D eigenvalue weighted by atomic mass is 10.0. The maximum atomic E-state index is 5.68. The van der Waals surface area contributed by atoms with Crippen molar-refractivity contribution >= 4 is 17.6 Å². The summed E-state index contributed by atoms with van der Waals surface area (Å²) in [5.41, 5.74) is 0.781. The lowest BCUT2D eigenvalue weighted by Gasteiger charge is -2.26. The second-order valence-corrected chi connectivity index (χ2v) is 4.49. The molecule has 0 radical (unpaired) electrons. The summed E-state index contributed by atoms with van der Waals surface area (Å²) in [6.07, 6.45) is 3.97. The Kier molecular flexibility index (Phi) is 4.07. The van der Waals surface area contributed by atoms with E-state index in [0.29, 0.717) is 17.8 Å². The third-order valence-corrected chi connectivity index (χ3v) is 3.06. The highest BCUT2D eigenvalue weighted by molar-refractivity contribution is 6.16. The zero-order valence-electron chi connectivity index (χ0n) is 9.49. The summed E-state index contributed by atoms with van der Waals surface area (Å²) in [6.45, 7) is 2.66. The van der Waals surface area contributed by atoms with Crippen molar-refractivity contribution in [2.75, 3.05) is 31.7 Å². The van der Waals surface area contributed by atoms with Crippen molar-refractivity contribution < 1.29 is 9.15 Å². The summed E-state index contributed by atoms with van der Waals surface area (Å²) in [4.78, 5) is 6.30. The van der Waals surface area contributed by atoms with Crippen LogP contribution in [0.1, 0.15) is 18.5 Å². The fraction of sp³-hybridized carbons (Fsp3) is 0.727. The van der Waals surface area contributed by atoms with Gasteiger partial charge in [-0.2, -0.15) is 4.98 Å². The predicted octanol–water partition coefficient (Wildman–Crippen LogP) is 2.28. The summed E-state index contributed by atoms with van der Waals surface area (Å²) in [7, 11) is 1.98. The highest BCUT2D eigenvalue weighted by Gasteiger charge is 2.18. The molecular formula is C11H17ClN2O2. The molecule has 4 nitrogen and oxygen atoms in total. The minimum absolute atomic E-state index is 0.393. The van der Waals surface area contributed by atoms with E-state index in [1.165, 1.54) is 6.42 Å². The first-order chi connectivity index (χ1) is 7.79. The van der Waals surface area contributed by atoms with Gasteiger partial charge in [0.05, 0.1) is 18.2 Å². The van der Waals surface area contributed by atoms with Gasteiger partial charge in [0.15, 0.2) is 0 Å². The molecule has 0 aliphatic carbocycles. The second kappa shape index (κ2) is 5.55. The molecule has 0 N–H and O–H groups in total. The third kappa shape index (κ3) is 2.89. The summed E-state index contributed by atoms with van der Waals surface area (Å²) < 4.78 is 10.8. The summed E-state index contributed by atoms with van der Waals surface area (Å²) in [5.74, 6) is 0.967. The van der Waals surface area contributed by atoms with E-state index >= 15 is 0 Å². The minimum Gasteiger partial charge on any atom is -0.432 e. The number of anilines is 1. The van der Waals surface area contributed by atoms with Gasteiger partial charge in [0.25, 0.3) is 6.01 Å². The Hall–Kier alpha value is -0.740. The Morgan fingerprint density at radius 1 is 1.62 bits per heavy atom. The van der Waals surface area contributed by atoms with Gasteiger partial charge in [-0.15, -0.1) is 11.6 Å². The standard InChI is InChI=1S/C11H17ClN2O2/c1-14(6-9-3-2-4-15-7-9)11-13-10(5-12)8-16-11/h8-9H,2-7H2,1H3. The van der Waals surface area contributed by atoms with Gasteiger partial charge >= 0.3 is 0 Å². The third-order valence-electron chi connectivity index (χ3n) is 2.79. The van der Waals surface area contributed by atoms with Crippen LogP contribution < -0.4 is 4.90 Å². The molecule has 2 rings (SSSR count). The van der Waals surface area contributed by atoms with Crippen LogP contribution in [0.25, 0.3) is 0 Å². The van der Waals surface area contributed by atoms with Gasteiger partial charge in [-0.3, -0.25) is 0 Å². The molecule has 0 aromatic carbocycles. The molecule has 90 valence electrons. The topological polar surface area (TPSA) is 38.5 Å². The largest absolute Gasteiger partial charge is 0.432 e. The first kappa shape index (κ1) is 11.7. The average Bonchev–Trinajstić information content (AvgIpc) is 2.79. The Morgan fingerprint density at radius 3 is 3.12 bits per heavy atom. The lowest BCUT2D eigenvalue weighted by Crippen LogP contribution is -2.31. The van der Waals surface area contributed by atoms with Crippen molar-refractivity contribution in [2.45, 2.75) is 18.7 Å². The monoisotopic (exact) mass is 244 g/mol. The zero-order chi connectivity index (χ0) is 11.4. The summed E-state index contributed by atoms with van der Waals surface area (Å²) in [6, 6.07) is 0.640. The van der Waals surface area contributed by atoms with E-state index in [-0.39, 0.29) is 0 Å². The number of aromatic nitrogens is 1. The molecule has 16 heavy (non-hydrogen) atoms. The number of hydrogen-bond donors (Lipinski definition) is 0. The van der Waals surface area contributed by atoms with Crippen LogP contribution in [0.3, 0.4) is 0 Å². The minimum atomic E-state index is 0.393. The van der Waals surface area contributed by atoms with E-state index in [1.807, 2.05) is 11.9 Å². The van der Waals surface area contributed by atoms with Crippen LogP contribution in [-0.2, 0) is 10.6 Å². The molecule has 0 spiro atoms. The number of halogens is 1. The number of nitrogens with zero attached hydrogens (tertiary/aromatic N) is 2. The van der Waals surface area contributed by atoms with E-state index in [0.717, 1.165) is 31.9 Å². The van der Waals surface area contributed by atoms with Crippen molar-refractivity contribution in [3.8, 4) is 0 Å². The van der Waals surface area contributed by atoms with Crippen LogP contribution in [0.4, 0.5) is 6.01 Å². The van der Waals surface area contributed by atoms with E-state index in [4.69, 9.17) is 20.8 Å². The average molecular weight is 245 g/mol. The van der Waals surface area contributed by atoms with Gasteiger partial charge in [0.2, 0.25) is 0 Å². The molecule has 1 aliphatic heterocycles. The molecule has 1 fully saturated rings. The number of ether oxygens (including phenoxy) is 1. The summed E-state index contributed by atoms with van der Waals surface area (Å²) >= 11 is 5.68. The molecule has 1 aromatic heterocycles. The fourth-order valence-electron chi connectivity index (χ4n) is 1.95. The number of rotatable bonds is 4. The maximum absolute atomic E-state index is 5.68. The molecule has 1 aromatic rings. The molecular weight excluding hydrogens is 228 g/mol. The Balaban J connectivity index is 1.88. The van der Waals surface area contributed by atoms with Crippen LogP contribution in [0.2, 0.25) is 0 Å². The van der Waals surface area contributed by atoms with Crippen molar-refractivity contribution in [1.82, 2.24) is 4.98 Å². The normalized spacial score (nSPS) is 21.0. The Labute approximate surface area is 101 Å². The number of oxazole rings is 1. The Morgan fingerprint density at radius 2 is 2.50 bits per heavy atom. The van der Waals surface area contributed by atoms with Crippen molar-refractivity contribution in [3.05, 3.63) is 12.0 Å². The number of hydrogen-bond acceptors (Lipinski definition) is 4. The van der Waals surface area contributed by atoms with E-state index in [2.05, 4.69) is 4.98 Å². The van der Waals surface area contributed by atoms with Crippen LogP contribution in [0.15, 0.2) is 10.7 Å². The van der Waals surface area contributed by atoms with Gasteiger partial charge in [-0.05, 0) is 12.8 Å². The highest BCUT2D eigenvalue weighted by atomic mass is 35.5. The molecule has 0 saturated carbocycles. The van der Waals surface area contributed by atoms with E-state index < -0.39 is 0 Å². The molecule has 5 heteroatoms. The van der Waals surface area contributed by atoms with Crippen molar-refractivity contribution in [2.24, 2.45) is 5.92 Å². The molecule has 1 saturated heterocycles. The van der Waals surface area contributed by atoms with E-state index in [9.17, 15) is 0 Å². The van der Waals surface area contributed by atoms with Gasteiger partial charge in [0.1, 0.15) is 6.26 Å². The smallest absolute Gasteiger partial charge is 0.297 e. The molecule has 0 bridgehead atoms. The van der Waals surface area contributed by atoms with Crippen molar-refractivity contribution in [3.63, 3.8) is 0 Å². The van der Waals surface area contributed by atoms with Gasteiger partial charge in [-0.1, -0.05) is 0 Å². The summed E-state index contributed by atoms with van der Waals surface area (Å²) in [5, 5.41) is 0. The first-order valence-electron chi connectivity index (χ1n) is 5.59. The van der Waals surface area contributed by atoms with Crippen LogP contribution >= 0.6 is 11.6 Å². The van der Waals surface area contributed by atoms with Gasteiger partial charge in [-0.25, -0.2) is 0 Å². The van der Waals surface area contributed by atoms with Crippen LogP contribution in [0.5, 0.6) is 0 Å². The molecule has 1 atom stereocenters. The quantitative estimate of drug-likeness (QED) is 0.762. The second-order valence-electron chi connectivity index (χ2n) is 4.22. The van der Waals surface area contributed by atoms with Gasteiger partial charge < -0.3 is 14.1 Å². The predicted molar refractivity (Wildman–Crippen MR) is 62.9 cm³/mol. The highest BCUT2D eigenvalue weighted by Crippen LogP contribution is 2.19. The molecule has 2 heterocycles. The lowest BCUT2D eigenvalue weighted by molar-refractivity contribution is 0.0573. The van der Waals surface area contributed by atoms with Crippen LogP contribution in [0, 0.1) is 5.92 Å². The first-order valence-corrected chi connectivity index (χ1v) is 6.12. The molecule has 1 unspecified atom stereocenters. The molecule has 0 amide bonds. The Bertz CT molecular complexity index is 324. The van der Waals surface area contributed by atoms with Gasteiger partial charge in [0, 0.05) is 26.1 Å². The van der Waals surface area contributed by atoms with Crippen LogP contribution in [-0.4, -0.2) is 31.8 Å². The van der Waals surface area contributed by atoms with Crippen molar-refractivity contribution in [1.29, 1.82) is 0 Å². The van der Waals surface area contributed by atoms with E-state index in [1.54, 1.807) is 6.26 Å². The number of alkyl halides is 1. The SMILES string of the molecule is CN(CC1CCCOC1)c1nc(CCl)co1. The maximum Gasteiger partial charge on any atom is 0.297 e. The molecule has 1 aliphatic rings.